The minimum absolute atomic E-state index is 0.201. The van der Waals surface area contributed by atoms with Gasteiger partial charge < -0.3 is 9.84 Å². The number of aliphatic hydroxyl groups excluding tert-OH is 1. The molecule has 0 amide bonds. The second kappa shape index (κ2) is 4.94. The third-order valence-corrected chi connectivity index (χ3v) is 2.58. The first-order valence-corrected chi connectivity index (χ1v) is 5.13. The van der Waals surface area contributed by atoms with E-state index in [0.717, 1.165) is 26.1 Å². The van der Waals surface area contributed by atoms with E-state index in [4.69, 9.17) is 4.74 Å². The summed E-state index contributed by atoms with van der Waals surface area (Å²) in [6.45, 7) is 8.93. The molecule has 3 unspecified atom stereocenters. The predicted octanol–water partition coefficient (Wildman–Crippen LogP) is 0.866. The molecule has 3 heteroatoms. The van der Waals surface area contributed by atoms with Gasteiger partial charge in [-0.1, -0.05) is 0 Å². The summed E-state index contributed by atoms with van der Waals surface area (Å²) in [4.78, 5) is 2.39. The molecule has 1 heterocycles. The predicted molar refractivity (Wildman–Crippen MR) is 52.7 cm³/mol. The Morgan fingerprint density at radius 1 is 1.54 bits per heavy atom. The molecular weight excluding hydrogens is 166 g/mol. The zero-order chi connectivity index (χ0) is 9.84. The van der Waals surface area contributed by atoms with E-state index < -0.39 is 0 Å². The van der Waals surface area contributed by atoms with E-state index in [1.807, 2.05) is 6.92 Å². The molecule has 1 aliphatic rings. The molecule has 3 atom stereocenters. The van der Waals surface area contributed by atoms with Crippen molar-refractivity contribution in [2.45, 2.75) is 45.4 Å². The van der Waals surface area contributed by atoms with Crippen LogP contribution in [0.25, 0.3) is 0 Å². The molecule has 1 fully saturated rings. The fraction of sp³-hybridized carbons (Fsp3) is 1.00. The van der Waals surface area contributed by atoms with Gasteiger partial charge in [0, 0.05) is 19.1 Å². The third kappa shape index (κ3) is 3.63. The molecule has 0 bridgehead atoms. The van der Waals surface area contributed by atoms with Crippen molar-refractivity contribution < 1.29 is 9.84 Å². The van der Waals surface area contributed by atoms with E-state index in [1.165, 1.54) is 0 Å². The Hall–Kier alpha value is -0.120. The van der Waals surface area contributed by atoms with E-state index >= 15 is 0 Å². The van der Waals surface area contributed by atoms with Crippen LogP contribution in [0.15, 0.2) is 0 Å². The number of morpholine rings is 1. The quantitative estimate of drug-likeness (QED) is 0.711. The largest absolute Gasteiger partial charge is 0.393 e. The minimum Gasteiger partial charge on any atom is -0.393 e. The molecular formula is C10H21NO2. The molecule has 1 saturated heterocycles. The number of hydrogen-bond acceptors (Lipinski definition) is 3. The highest BCUT2D eigenvalue weighted by Crippen LogP contribution is 2.12. The Kier molecular flexibility index (Phi) is 4.16. The molecule has 0 aromatic heterocycles. The number of rotatable bonds is 3. The van der Waals surface area contributed by atoms with Crippen LogP contribution >= 0.6 is 0 Å². The monoisotopic (exact) mass is 187 g/mol. The Morgan fingerprint density at radius 3 is 2.77 bits per heavy atom. The summed E-state index contributed by atoms with van der Waals surface area (Å²) in [5.74, 6) is 0. The Bertz CT molecular complexity index is 150. The van der Waals surface area contributed by atoms with Crippen molar-refractivity contribution in [3.05, 3.63) is 0 Å². The third-order valence-electron chi connectivity index (χ3n) is 2.58. The van der Waals surface area contributed by atoms with Crippen LogP contribution in [-0.4, -0.2) is 48.0 Å². The van der Waals surface area contributed by atoms with E-state index in [1.54, 1.807) is 0 Å². The van der Waals surface area contributed by atoms with Gasteiger partial charge in [0.1, 0.15) is 0 Å². The SMILES string of the molecule is CC(O)CC(C)N1CCOC(C)C1. The second-order valence-corrected chi connectivity index (χ2v) is 4.11. The van der Waals surface area contributed by atoms with Crippen molar-refractivity contribution in [3.8, 4) is 0 Å². The Balaban J connectivity index is 2.32. The van der Waals surface area contributed by atoms with Gasteiger partial charge in [0.25, 0.3) is 0 Å². The molecule has 0 aromatic rings. The minimum atomic E-state index is -0.201. The van der Waals surface area contributed by atoms with E-state index in [-0.39, 0.29) is 6.10 Å². The lowest BCUT2D eigenvalue weighted by Crippen LogP contribution is -2.46. The molecule has 1 N–H and O–H groups in total. The topological polar surface area (TPSA) is 32.7 Å². The Labute approximate surface area is 80.7 Å². The van der Waals surface area contributed by atoms with Gasteiger partial charge in [0.05, 0.1) is 18.8 Å². The van der Waals surface area contributed by atoms with E-state index in [2.05, 4.69) is 18.7 Å². The summed E-state index contributed by atoms with van der Waals surface area (Å²) < 4.78 is 5.46. The van der Waals surface area contributed by atoms with Crippen LogP contribution in [0.3, 0.4) is 0 Å². The molecule has 0 radical (unpaired) electrons. The second-order valence-electron chi connectivity index (χ2n) is 4.11. The van der Waals surface area contributed by atoms with Gasteiger partial charge in [-0.2, -0.15) is 0 Å². The summed E-state index contributed by atoms with van der Waals surface area (Å²) in [7, 11) is 0. The van der Waals surface area contributed by atoms with Crippen molar-refractivity contribution in [1.82, 2.24) is 4.90 Å². The maximum absolute atomic E-state index is 9.26. The van der Waals surface area contributed by atoms with Crippen LogP contribution in [0, 0.1) is 0 Å². The van der Waals surface area contributed by atoms with Crippen LogP contribution in [0.5, 0.6) is 0 Å². The maximum Gasteiger partial charge on any atom is 0.0674 e. The van der Waals surface area contributed by atoms with Crippen LogP contribution in [-0.2, 0) is 4.74 Å². The van der Waals surface area contributed by atoms with Crippen LogP contribution in [0.4, 0.5) is 0 Å². The van der Waals surface area contributed by atoms with Crippen molar-refractivity contribution in [2.75, 3.05) is 19.7 Å². The molecule has 1 aliphatic heterocycles. The van der Waals surface area contributed by atoms with Gasteiger partial charge in [0.2, 0.25) is 0 Å². The van der Waals surface area contributed by atoms with Crippen molar-refractivity contribution in [2.24, 2.45) is 0 Å². The molecule has 13 heavy (non-hydrogen) atoms. The normalized spacial score (nSPS) is 30.0. The van der Waals surface area contributed by atoms with Gasteiger partial charge in [-0.3, -0.25) is 4.90 Å². The Morgan fingerprint density at radius 2 is 2.23 bits per heavy atom. The smallest absolute Gasteiger partial charge is 0.0674 e. The molecule has 3 nitrogen and oxygen atoms in total. The van der Waals surface area contributed by atoms with Crippen molar-refractivity contribution in [3.63, 3.8) is 0 Å². The van der Waals surface area contributed by atoms with Crippen LogP contribution in [0.2, 0.25) is 0 Å². The lowest BCUT2D eigenvalue weighted by Gasteiger charge is -2.36. The maximum atomic E-state index is 9.26. The first-order valence-electron chi connectivity index (χ1n) is 5.13. The summed E-state index contributed by atoms with van der Waals surface area (Å²) in [6, 6.07) is 0.464. The standard InChI is InChI=1S/C10H21NO2/c1-8(6-9(2)12)11-4-5-13-10(3)7-11/h8-10,12H,4-7H2,1-3H3. The van der Waals surface area contributed by atoms with E-state index in [0.29, 0.717) is 12.1 Å². The number of hydrogen-bond donors (Lipinski definition) is 1. The average Bonchev–Trinajstić information content (AvgIpc) is 2.03. The first-order chi connectivity index (χ1) is 6.09. The van der Waals surface area contributed by atoms with Gasteiger partial charge >= 0.3 is 0 Å². The van der Waals surface area contributed by atoms with Gasteiger partial charge in [0.15, 0.2) is 0 Å². The highest BCUT2D eigenvalue weighted by atomic mass is 16.5. The summed E-state index contributed by atoms with van der Waals surface area (Å²) in [6.07, 6.45) is 0.991. The fourth-order valence-electron chi connectivity index (χ4n) is 1.89. The summed E-state index contributed by atoms with van der Waals surface area (Å²) in [5, 5.41) is 9.26. The zero-order valence-corrected chi connectivity index (χ0v) is 8.86. The van der Waals surface area contributed by atoms with Crippen molar-refractivity contribution in [1.29, 1.82) is 0 Å². The molecule has 0 aliphatic carbocycles. The molecule has 0 spiro atoms. The number of ether oxygens (including phenoxy) is 1. The van der Waals surface area contributed by atoms with Gasteiger partial charge in [-0.05, 0) is 27.2 Å². The molecule has 78 valence electrons. The molecule has 0 saturated carbocycles. The van der Waals surface area contributed by atoms with Gasteiger partial charge in [-0.15, -0.1) is 0 Å². The van der Waals surface area contributed by atoms with Crippen molar-refractivity contribution >= 4 is 0 Å². The van der Waals surface area contributed by atoms with E-state index in [9.17, 15) is 5.11 Å². The lowest BCUT2D eigenvalue weighted by molar-refractivity contribution is -0.0373. The summed E-state index contributed by atoms with van der Waals surface area (Å²) >= 11 is 0. The average molecular weight is 187 g/mol. The number of nitrogens with zero attached hydrogens (tertiary/aromatic N) is 1. The highest BCUT2D eigenvalue weighted by molar-refractivity contribution is 4.74. The zero-order valence-electron chi connectivity index (χ0n) is 8.86. The number of aliphatic hydroxyl groups is 1. The lowest BCUT2D eigenvalue weighted by atomic mass is 10.1. The molecule has 1 rings (SSSR count). The fourth-order valence-corrected chi connectivity index (χ4v) is 1.89. The van der Waals surface area contributed by atoms with Crippen LogP contribution in [0.1, 0.15) is 27.2 Å². The molecule has 0 aromatic carbocycles. The van der Waals surface area contributed by atoms with Crippen LogP contribution < -0.4 is 0 Å². The first kappa shape index (κ1) is 11.0. The van der Waals surface area contributed by atoms with Gasteiger partial charge in [-0.25, -0.2) is 0 Å². The highest BCUT2D eigenvalue weighted by Gasteiger charge is 2.21. The summed E-state index contributed by atoms with van der Waals surface area (Å²) in [5.41, 5.74) is 0.